The monoisotopic (exact) mass is 442 g/mol. The molecule has 0 atom stereocenters. The van der Waals surface area contributed by atoms with E-state index in [1.807, 2.05) is 0 Å². The van der Waals surface area contributed by atoms with E-state index in [0.29, 0.717) is 34.6 Å². The number of nitrogens with one attached hydrogen (secondary N) is 1. The smallest absolute Gasteiger partial charge is 0.266 e. The highest BCUT2D eigenvalue weighted by Gasteiger charge is 2.22. The van der Waals surface area contributed by atoms with Crippen molar-refractivity contribution in [2.45, 2.75) is 4.90 Å². The lowest BCUT2D eigenvalue weighted by Gasteiger charge is -2.13. The highest BCUT2D eigenvalue weighted by molar-refractivity contribution is 7.93. The minimum atomic E-state index is -4.28. The molecule has 29 heavy (non-hydrogen) atoms. The van der Waals surface area contributed by atoms with Gasteiger partial charge in [0.25, 0.3) is 10.0 Å². The number of rotatable bonds is 7. The number of sulfonamides is 1. The van der Waals surface area contributed by atoms with Gasteiger partial charge < -0.3 is 14.2 Å². The van der Waals surface area contributed by atoms with Gasteiger partial charge in [0.2, 0.25) is 5.75 Å². The van der Waals surface area contributed by atoms with E-state index in [9.17, 15) is 17.2 Å². The predicted octanol–water partition coefficient (Wildman–Crippen LogP) is 3.91. The number of thiazole rings is 1. The quantitative estimate of drug-likeness (QED) is 0.597. The molecule has 0 saturated carbocycles. The number of anilines is 1. The highest BCUT2D eigenvalue weighted by Crippen LogP contribution is 2.41. The molecule has 1 heterocycles. The molecule has 1 N–H and O–H groups in total. The second kappa shape index (κ2) is 8.21. The predicted molar refractivity (Wildman–Crippen MR) is 104 cm³/mol. The summed E-state index contributed by atoms with van der Waals surface area (Å²) in [7, 11) is 0.140. The van der Waals surface area contributed by atoms with Crippen molar-refractivity contribution in [2.75, 3.05) is 26.1 Å². The number of hydrogen-bond acceptors (Lipinski definition) is 7. The third kappa shape index (κ3) is 4.25. The van der Waals surface area contributed by atoms with Gasteiger partial charge in [0.05, 0.1) is 27.0 Å². The molecule has 0 bridgehead atoms. The summed E-state index contributed by atoms with van der Waals surface area (Å²) in [5, 5.41) is 1.62. The Kier molecular flexibility index (Phi) is 5.89. The summed E-state index contributed by atoms with van der Waals surface area (Å²) in [5.74, 6) is -0.850. The van der Waals surface area contributed by atoms with E-state index >= 15 is 0 Å². The standard InChI is InChI=1S/C18H16F2N2O5S2/c1-25-14-6-10(7-15(26-2)17(14)27-3)13-9-28-18(21-13)22-29(23,24)16-5-4-11(19)8-12(16)20/h4-9H,1-3H3,(H,21,22). The van der Waals surface area contributed by atoms with Gasteiger partial charge in [-0.25, -0.2) is 22.2 Å². The van der Waals surface area contributed by atoms with E-state index in [4.69, 9.17) is 14.2 Å². The molecule has 11 heteroatoms. The van der Waals surface area contributed by atoms with E-state index in [0.717, 1.165) is 23.5 Å². The summed E-state index contributed by atoms with van der Waals surface area (Å²) in [4.78, 5) is 3.55. The fraction of sp³-hybridized carbons (Fsp3) is 0.167. The summed E-state index contributed by atoms with van der Waals surface area (Å²) in [6, 6.07) is 5.53. The molecule has 3 rings (SSSR count). The summed E-state index contributed by atoms with van der Waals surface area (Å²) in [6.45, 7) is 0. The van der Waals surface area contributed by atoms with Crippen molar-refractivity contribution in [3.63, 3.8) is 0 Å². The SMILES string of the molecule is COc1cc(-c2csc(NS(=O)(=O)c3ccc(F)cc3F)n2)cc(OC)c1OC. The summed E-state index contributed by atoms with van der Waals surface area (Å²) >= 11 is 1.00. The molecule has 0 aliphatic heterocycles. The number of nitrogens with zero attached hydrogens (tertiary/aromatic N) is 1. The molecule has 0 aliphatic carbocycles. The maximum atomic E-state index is 13.8. The van der Waals surface area contributed by atoms with Crippen LogP contribution in [0.2, 0.25) is 0 Å². The first kappa shape index (κ1) is 20.8. The normalized spacial score (nSPS) is 11.2. The Morgan fingerprint density at radius 3 is 2.21 bits per heavy atom. The lowest BCUT2D eigenvalue weighted by atomic mass is 10.1. The van der Waals surface area contributed by atoms with Gasteiger partial charge in [0.15, 0.2) is 16.6 Å². The minimum Gasteiger partial charge on any atom is -0.493 e. The van der Waals surface area contributed by atoms with Crippen LogP contribution in [0.15, 0.2) is 40.6 Å². The van der Waals surface area contributed by atoms with Gasteiger partial charge in [-0.15, -0.1) is 11.3 Å². The Morgan fingerprint density at radius 1 is 1.00 bits per heavy atom. The first-order valence-corrected chi connectivity index (χ1v) is 10.4. The van der Waals surface area contributed by atoms with Crippen LogP contribution < -0.4 is 18.9 Å². The molecule has 2 aromatic carbocycles. The molecule has 0 saturated heterocycles. The van der Waals surface area contributed by atoms with Crippen LogP contribution >= 0.6 is 11.3 Å². The van der Waals surface area contributed by atoms with E-state index in [-0.39, 0.29) is 5.13 Å². The largest absolute Gasteiger partial charge is 0.493 e. The molecule has 0 fully saturated rings. The van der Waals surface area contributed by atoms with Crippen LogP contribution in [0.25, 0.3) is 11.3 Å². The average molecular weight is 442 g/mol. The molecule has 0 amide bonds. The van der Waals surface area contributed by atoms with Crippen LogP contribution in [0, 0.1) is 11.6 Å². The van der Waals surface area contributed by atoms with Gasteiger partial charge in [0.1, 0.15) is 16.5 Å². The molecule has 3 aromatic rings. The van der Waals surface area contributed by atoms with Crippen LogP contribution in [0.5, 0.6) is 17.2 Å². The van der Waals surface area contributed by atoms with E-state index in [1.165, 1.54) is 21.3 Å². The van der Waals surface area contributed by atoms with Crippen LogP contribution in [-0.2, 0) is 10.0 Å². The average Bonchev–Trinajstić information content (AvgIpc) is 3.14. The Morgan fingerprint density at radius 2 is 1.66 bits per heavy atom. The first-order valence-electron chi connectivity index (χ1n) is 8.03. The molecule has 0 aliphatic rings. The van der Waals surface area contributed by atoms with Gasteiger partial charge >= 0.3 is 0 Å². The van der Waals surface area contributed by atoms with Gasteiger partial charge in [0, 0.05) is 17.0 Å². The van der Waals surface area contributed by atoms with Crippen LogP contribution in [-0.4, -0.2) is 34.7 Å². The number of halogens is 2. The molecular formula is C18H16F2N2O5S2. The molecule has 0 radical (unpaired) electrons. The zero-order valence-corrected chi connectivity index (χ0v) is 17.2. The second-order valence-electron chi connectivity index (χ2n) is 5.63. The summed E-state index contributed by atoms with van der Waals surface area (Å²) in [6.07, 6.45) is 0. The third-order valence-corrected chi connectivity index (χ3v) is 6.13. The minimum absolute atomic E-state index is 0.0116. The van der Waals surface area contributed by atoms with Crippen molar-refractivity contribution in [1.29, 1.82) is 0 Å². The highest BCUT2D eigenvalue weighted by atomic mass is 32.2. The zero-order chi connectivity index (χ0) is 21.2. The molecule has 0 spiro atoms. The maximum absolute atomic E-state index is 13.8. The number of methoxy groups -OCH3 is 3. The fourth-order valence-electron chi connectivity index (χ4n) is 2.55. The number of aromatic nitrogens is 1. The summed E-state index contributed by atoms with van der Waals surface area (Å²) in [5.41, 5.74) is 1.03. The number of ether oxygens (including phenoxy) is 3. The van der Waals surface area contributed by atoms with E-state index in [2.05, 4.69) is 9.71 Å². The van der Waals surface area contributed by atoms with Gasteiger partial charge in [-0.3, -0.25) is 4.72 Å². The van der Waals surface area contributed by atoms with Gasteiger partial charge in [-0.1, -0.05) is 0 Å². The zero-order valence-electron chi connectivity index (χ0n) is 15.5. The molecule has 1 aromatic heterocycles. The van der Waals surface area contributed by atoms with Crippen molar-refractivity contribution in [1.82, 2.24) is 4.98 Å². The molecule has 0 unspecified atom stereocenters. The summed E-state index contributed by atoms with van der Waals surface area (Å²) < 4.78 is 69.7. The lowest BCUT2D eigenvalue weighted by molar-refractivity contribution is 0.324. The van der Waals surface area contributed by atoms with Crippen molar-refractivity contribution in [3.05, 3.63) is 47.3 Å². The van der Waals surface area contributed by atoms with E-state index in [1.54, 1.807) is 17.5 Å². The van der Waals surface area contributed by atoms with Gasteiger partial charge in [-0.2, -0.15) is 0 Å². The molecular weight excluding hydrogens is 426 g/mol. The van der Waals surface area contributed by atoms with E-state index < -0.39 is 26.6 Å². The van der Waals surface area contributed by atoms with Crippen molar-refractivity contribution in [2.24, 2.45) is 0 Å². The van der Waals surface area contributed by atoms with Gasteiger partial charge in [-0.05, 0) is 24.3 Å². The van der Waals surface area contributed by atoms with Crippen LogP contribution in [0.3, 0.4) is 0 Å². The first-order chi connectivity index (χ1) is 13.8. The topological polar surface area (TPSA) is 86.8 Å². The van der Waals surface area contributed by atoms with Crippen molar-refractivity contribution >= 4 is 26.5 Å². The van der Waals surface area contributed by atoms with Crippen molar-refractivity contribution < 1.29 is 31.4 Å². The lowest BCUT2D eigenvalue weighted by Crippen LogP contribution is -2.14. The maximum Gasteiger partial charge on any atom is 0.266 e. The Labute approximate surface area is 169 Å². The number of benzene rings is 2. The Bertz CT molecular complexity index is 1120. The van der Waals surface area contributed by atoms with Crippen LogP contribution in [0.4, 0.5) is 13.9 Å². The Balaban J connectivity index is 1.93. The molecule has 154 valence electrons. The second-order valence-corrected chi connectivity index (χ2v) is 8.14. The Hall–Kier alpha value is -2.92. The van der Waals surface area contributed by atoms with Crippen molar-refractivity contribution in [3.8, 4) is 28.5 Å². The number of hydrogen-bond donors (Lipinski definition) is 1. The third-order valence-electron chi connectivity index (χ3n) is 3.87. The molecule has 7 nitrogen and oxygen atoms in total. The fourth-order valence-corrected chi connectivity index (χ4v) is 4.58. The van der Waals surface area contributed by atoms with Crippen LogP contribution in [0.1, 0.15) is 0 Å².